The lowest BCUT2D eigenvalue weighted by Gasteiger charge is -2.39. The molecule has 0 spiro atoms. The molecule has 3 heteroatoms. The summed E-state index contributed by atoms with van der Waals surface area (Å²) < 4.78 is 0. The first kappa shape index (κ1) is 16.9. The Morgan fingerprint density at radius 2 is 1.79 bits per heavy atom. The molecule has 4 atom stereocenters. The van der Waals surface area contributed by atoms with Crippen molar-refractivity contribution in [2.45, 2.75) is 46.1 Å². The largest absolute Gasteiger partial charge is 0.393 e. The van der Waals surface area contributed by atoms with Crippen LogP contribution in [-0.2, 0) is 0 Å². The Kier molecular flexibility index (Phi) is 7.33. The third kappa shape index (κ3) is 5.80. The first-order valence-electron chi connectivity index (χ1n) is 7.99. The Bertz CT molecular complexity index is 233. The van der Waals surface area contributed by atoms with Gasteiger partial charge in [0.1, 0.15) is 0 Å². The maximum Gasteiger partial charge on any atom is 0.0585 e. The molecule has 0 bridgehead atoms. The topological polar surface area (TPSA) is 26.7 Å². The van der Waals surface area contributed by atoms with Crippen LogP contribution in [0.2, 0.25) is 0 Å². The predicted molar refractivity (Wildman–Crippen MR) is 82.3 cm³/mol. The van der Waals surface area contributed by atoms with Gasteiger partial charge in [0.15, 0.2) is 0 Å². The van der Waals surface area contributed by atoms with Crippen molar-refractivity contribution in [2.75, 3.05) is 40.3 Å². The first-order chi connectivity index (χ1) is 8.93. The van der Waals surface area contributed by atoms with Crippen LogP contribution in [0.25, 0.3) is 0 Å². The quantitative estimate of drug-likeness (QED) is 0.769. The molecule has 3 nitrogen and oxygen atoms in total. The Labute approximate surface area is 120 Å². The normalized spacial score (nSPS) is 32.2. The summed E-state index contributed by atoms with van der Waals surface area (Å²) in [6.07, 6.45) is 3.39. The van der Waals surface area contributed by atoms with Crippen LogP contribution in [0, 0.1) is 17.8 Å². The maximum atomic E-state index is 10.3. The number of rotatable bonds is 7. The average Bonchev–Trinajstić information content (AvgIpc) is 2.30. The molecular weight excluding hydrogens is 236 g/mol. The zero-order valence-electron chi connectivity index (χ0n) is 13.6. The van der Waals surface area contributed by atoms with Gasteiger partial charge in [-0.05, 0) is 64.8 Å². The molecular formula is C16H34N2O. The summed E-state index contributed by atoms with van der Waals surface area (Å²) in [5.74, 6) is 1.81. The third-order valence-corrected chi connectivity index (χ3v) is 4.64. The number of aliphatic hydroxyl groups excluding tert-OH is 1. The fourth-order valence-corrected chi connectivity index (χ4v) is 3.46. The van der Waals surface area contributed by atoms with Gasteiger partial charge in [-0.3, -0.25) is 0 Å². The van der Waals surface area contributed by atoms with Crippen LogP contribution in [0.4, 0.5) is 0 Å². The number of aliphatic hydroxyl groups is 1. The van der Waals surface area contributed by atoms with Crippen LogP contribution in [0.1, 0.15) is 40.0 Å². The average molecular weight is 270 g/mol. The molecule has 0 heterocycles. The van der Waals surface area contributed by atoms with Gasteiger partial charge in [0.2, 0.25) is 0 Å². The minimum atomic E-state index is -0.0957. The Morgan fingerprint density at radius 1 is 1.11 bits per heavy atom. The lowest BCUT2D eigenvalue weighted by atomic mass is 9.73. The van der Waals surface area contributed by atoms with Crippen LogP contribution < -0.4 is 0 Å². The van der Waals surface area contributed by atoms with Gasteiger partial charge in [0.25, 0.3) is 0 Å². The van der Waals surface area contributed by atoms with Gasteiger partial charge >= 0.3 is 0 Å². The second-order valence-corrected chi connectivity index (χ2v) is 6.84. The molecule has 0 amide bonds. The van der Waals surface area contributed by atoms with E-state index < -0.39 is 0 Å². The molecule has 0 aliphatic heterocycles. The highest BCUT2D eigenvalue weighted by atomic mass is 16.3. The van der Waals surface area contributed by atoms with Crippen molar-refractivity contribution in [1.29, 1.82) is 0 Å². The van der Waals surface area contributed by atoms with Crippen LogP contribution in [0.3, 0.4) is 0 Å². The molecule has 1 rings (SSSR count). The van der Waals surface area contributed by atoms with Crippen LogP contribution in [0.15, 0.2) is 0 Å². The van der Waals surface area contributed by atoms with Gasteiger partial charge in [-0.25, -0.2) is 0 Å². The van der Waals surface area contributed by atoms with E-state index in [4.69, 9.17) is 0 Å². The standard InChI is InChI=1S/C16H34N2O/c1-6-18(9-7-8-17(4)5)12-15-14(3)10-13(2)11-16(15)19/h13-16,19H,6-12H2,1-5H3. The van der Waals surface area contributed by atoms with E-state index in [1.54, 1.807) is 0 Å². The van der Waals surface area contributed by atoms with Gasteiger partial charge in [-0.2, -0.15) is 0 Å². The molecule has 0 aromatic carbocycles. The van der Waals surface area contributed by atoms with Crippen LogP contribution in [0.5, 0.6) is 0 Å². The van der Waals surface area contributed by atoms with E-state index in [-0.39, 0.29) is 6.10 Å². The monoisotopic (exact) mass is 270 g/mol. The Morgan fingerprint density at radius 3 is 2.32 bits per heavy atom. The highest BCUT2D eigenvalue weighted by Gasteiger charge is 2.33. The van der Waals surface area contributed by atoms with Crippen molar-refractivity contribution in [3.05, 3.63) is 0 Å². The molecule has 1 N–H and O–H groups in total. The number of hydrogen-bond acceptors (Lipinski definition) is 3. The van der Waals surface area contributed by atoms with E-state index in [2.05, 4.69) is 44.7 Å². The second kappa shape index (κ2) is 8.23. The summed E-state index contributed by atoms with van der Waals surface area (Å²) in [7, 11) is 4.26. The highest BCUT2D eigenvalue weighted by molar-refractivity contribution is 4.84. The van der Waals surface area contributed by atoms with Gasteiger partial charge in [-0.1, -0.05) is 20.8 Å². The fraction of sp³-hybridized carbons (Fsp3) is 1.00. The van der Waals surface area contributed by atoms with Gasteiger partial charge < -0.3 is 14.9 Å². The molecule has 0 radical (unpaired) electrons. The van der Waals surface area contributed by atoms with Gasteiger partial charge in [0.05, 0.1) is 6.10 Å². The van der Waals surface area contributed by atoms with Gasteiger partial charge in [0, 0.05) is 12.5 Å². The van der Waals surface area contributed by atoms with Crippen molar-refractivity contribution >= 4 is 0 Å². The minimum absolute atomic E-state index is 0.0957. The highest BCUT2D eigenvalue weighted by Crippen LogP contribution is 2.34. The molecule has 4 unspecified atom stereocenters. The minimum Gasteiger partial charge on any atom is -0.393 e. The van der Waals surface area contributed by atoms with Crippen molar-refractivity contribution in [2.24, 2.45) is 17.8 Å². The SMILES string of the molecule is CCN(CCCN(C)C)CC1C(C)CC(C)CC1O. The molecule has 0 aromatic rings. The molecule has 1 fully saturated rings. The van der Waals surface area contributed by atoms with Crippen LogP contribution >= 0.6 is 0 Å². The fourth-order valence-electron chi connectivity index (χ4n) is 3.46. The lowest BCUT2D eigenvalue weighted by molar-refractivity contribution is -0.00160. The van der Waals surface area contributed by atoms with Crippen molar-refractivity contribution < 1.29 is 5.11 Å². The van der Waals surface area contributed by atoms with E-state index in [9.17, 15) is 5.11 Å². The zero-order valence-corrected chi connectivity index (χ0v) is 13.6. The lowest BCUT2D eigenvalue weighted by Crippen LogP contribution is -2.43. The Balaban J connectivity index is 2.41. The zero-order chi connectivity index (χ0) is 14.4. The van der Waals surface area contributed by atoms with E-state index in [1.807, 2.05) is 0 Å². The summed E-state index contributed by atoms with van der Waals surface area (Å²) in [6, 6.07) is 0. The van der Waals surface area contributed by atoms with Crippen molar-refractivity contribution in [3.63, 3.8) is 0 Å². The summed E-state index contributed by atoms with van der Waals surface area (Å²) in [5.41, 5.74) is 0. The molecule has 0 saturated heterocycles. The molecule has 1 saturated carbocycles. The summed E-state index contributed by atoms with van der Waals surface area (Å²) in [6.45, 7) is 11.3. The summed E-state index contributed by atoms with van der Waals surface area (Å²) >= 11 is 0. The second-order valence-electron chi connectivity index (χ2n) is 6.84. The number of nitrogens with zero attached hydrogens (tertiary/aromatic N) is 2. The predicted octanol–water partition coefficient (Wildman–Crippen LogP) is 2.30. The smallest absolute Gasteiger partial charge is 0.0585 e. The van der Waals surface area contributed by atoms with E-state index in [0.29, 0.717) is 17.8 Å². The first-order valence-corrected chi connectivity index (χ1v) is 7.99. The maximum absolute atomic E-state index is 10.3. The van der Waals surface area contributed by atoms with Crippen molar-refractivity contribution in [3.8, 4) is 0 Å². The molecule has 0 aromatic heterocycles. The Hall–Kier alpha value is -0.120. The van der Waals surface area contributed by atoms with Crippen molar-refractivity contribution in [1.82, 2.24) is 9.80 Å². The number of hydrogen-bond donors (Lipinski definition) is 1. The summed E-state index contributed by atoms with van der Waals surface area (Å²) in [5, 5.41) is 10.3. The van der Waals surface area contributed by atoms with Crippen LogP contribution in [-0.4, -0.2) is 61.3 Å². The van der Waals surface area contributed by atoms with E-state index in [1.165, 1.54) is 12.8 Å². The molecule has 1 aliphatic carbocycles. The molecule has 114 valence electrons. The summed E-state index contributed by atoms with van der Waals surface area (Å²) in [4.78, 5) is 4.76. The van der Waals surface area contributed by atoms with E-state index in [0.717, 1.165) is 32.6 Å². The molecule has 1 aliphatic rings. The van der Waals surface area contributed by atoms with Gasteiger partial charge in [-0.15, -0.1) is 0 Å². The third-order valence-electron chi connectivity index (χ3n) is 4.64. The van der Waals surface area contributed by atoms with E-state index >= 15 is 0 Å². The molecule has 19 heavy (non-hydrogen) atoms.